The number of aromatic nitrogens is 2. The number of carbonyl (C=O) groups excluding carboxylic acids is 1. The molecule has 4 rings (SSSR count). The normalized spacial score (nSPS) is 11.1. The number of aryl methyl sites for hydroxylation is 1. The highest BCUT2D eigenvalue weighted by molar-refractivity contribution is 7.98. The summed E-state index contributed by atoms with van der Waals surface area (Å²) in [6, 6.07) is 8.38. The van der Waals surface area contributed by atoms with Crippen LogP contribution in [0.3, 0.4) is 0 Å². The molecular weight excluding hydrogens is 382 g/mol. The Labute approximate surface area is 162 Å². The summed E-state index contributed by atoms with van der Waals surface area (Å²) in [5.74, 6) is 1.31. The molecule has 3 heterocycles. The summed E-state index contributed by atoms with van der Waals surface area (Å²) in [5, 5.41) is 11.9. The van der Waals surface area contributed by atoms with Crippen LogP contribution in [0.1, 0.15) is 18.2 Å². The molecule has 0 spiro atoms. The number of thioether (sulfide) groups is 1. The number of rotatable bonds is 5. The lowest BCUT2D eigenvalue weighted by molar-refractivity contribution is -0.114. The Morgan fingerprint density at radius 3 is 2.79 bits per heavy atom. The molecule has 0 aliphatic rings. The molecule has 4 aromatic rings. The van der Waals surface area contributed by atoms with Crippen LogP contribution in [0.15, 0.2) is 59.9 Å². The highest BCUT2D eigenvalue weighted by atomic mass is 32.2. The van der Waals surface area contributed by atoms with Gasteiger partial charge in [0.2, 0.25) is 5.91 Å². The summed E-state index contributed by atoms with van der Waals surface area (Å²) in [7, 11) is 0. The molecule has 0 aliphatic heterocycles. The predicted molar refractivity (Wildman–Crippen MR) is 103 cm³/mol. The van der Waals surface area contributed by atoms with Crippen LogP contribution in [0, 0.1) is 6.92 Å². The van der Waals surface area contributed by atoms with E-state index in [-0.39, 0.29) is 5.91 Å². The van der Waals surface area contributed by atoms with Crippen LogP contribution in [0.5, 0.6) is 0 Å². The molecule has 1 N–H and O–H groups in total. The maximum atomic E-state index is 11.9. The average molecular weight is 397 g/mol. The molecular formula is C19H15N3O5S. The van der Waals surface area contributed by atoms with Crippen molar-refractivity contribution in [2.24, 2.45) is 0 Å². The first-order valence-electron chi connectivity index (χ1n) is 8.35. The lowest BCUT2D eigenvalue weighted by atomic mass is 10.1. The van der Waals surface area contributed by atoms with Gasteiger partial charge in [0.1, 0.15) is 11.3 Å². The van der Waals surface area contributed by atoms with Crippen molar-refractivity contribution in [3.63, 3.8) is 0 Å². The van der Waals surface area contributed by atoms with Gasteiger partial charge in [-0.15, -0.1) is 10.2 Å². The van der Waals surface area contributed by atoms with Gasteiger partial charge in [0.15, 0.2) is 0 Å². The number of furan rings is 1. The summed E-state index contributed by atoms with van der Waals surface area (Å²) >= 11 is 1.31. The van der Waals surface area contributed by atoms with Crippen molar-refractivity contribution in [3.8, 4) is 11.5 Å². The minimum Gasteiger partial charge on any atom is -0.469 e. The molecule has 0 unspecified atom stereocenters. The molecule has 1 amide bonds. The van der Waals surface area contributed by atoms with Crippen LogP contribution >= 0.6 is 11.8 Å². The standard InChI is InChI=1S/C19H15N3O5S/c1-10-14(5-6-25-10)18-21-22-19(27-18)28-9-12-7-17(24)26-16-8-13(20-11(2)23)3-4-15(12)16/h3-8H,9H2,1-2H3,(H,20,23). The number of carbonyl (C=O) groups is 1. The number of nitrogens with one attached hydrogen (secondary N) is 1. The number of fused-ring (bicyclic) bond motifs is 1. The highest BCUT2D eigenvalue weighted by Gasteiger charge is 2.14. The topological polar surface area (TPSA) is 111 Å². The van der Waals surface area contributed by atoms with E-state index < -0.39 is 5.63 Å². The summed E-state index contributed by atoms with van der Waals surface area (Å²) in [4.78, 5) is 23.1. The molecule has 0 saturated heterocycles. The van der Waals surface area contributed by atoms with E-state index in [1.807, 2.05) is 6.92 Å². The first kappa shape index (κ1) is 18.1. The molecule has 3 aromatic heterocycles. The summed E-state index contributed by atoms with van der Waals surface area (Å²) in [6.45, 7) is 3.23. The SMILES string of the molecule is CC(=O)Nc1ccc2c(CSc3nnc(-c4ccoc4C)o3)cc(=O)oc2c1. The van der Waals surface area contributed by atoms with E-state index in [4.69, 9.17) is 13.3 Å². The summed E-state index contributed by atoms with van der Waals surface area (Å²) in [5.41, 5.74) is 2.00. The minimum atomic E-state index is -0.469. The van der Waals surface area contributed by atoms with Crippen LogP contribution in [-0.2, 0) is 10.5 Å². The molecule has 0 atom stereocenters. The molecule has 0 radical (unpaired) electrons. The van der Waals surface area contributed by atoms with Crippen molar-refractivity contribution < 1.29 is 18.0 Å². The monoisotopic (exact) mass is 397 g/mol. The lowest BCUT2D eigenvalue weighted by Gasteiger charge is -2.06. The number of benzene rings is 1. The smallest absolute Gasteiger partial charge is 0.336 e. The van der Waals surface area contributed by atoms with Crippen LogP contribution < -0.4 is 10.9 Å². The fourth-order valence-electron chi connectivity index (χ4n) is 2.75. The van der Waals surface area contributed by atoms with Gasteiger partial charge in [-0.1, -0.05) is 11.8 Å². The van der Waals surface area contributed by atoms with Crippen molar-refractivity contribution >= 4 is 34.3 Å². The van der Waals surface area contributed by atoms with E-state index in [2.05, 4.69) is 15.5 Å². The van der Waals surface area contributed by atoms with E-state index in [1.54, 1.807) is 30.5 Å². The molecule has 9 heteroatoms. The Kier molecular flexibility index (Phi) is 4.74. The molecule has 0 bridgehead atoms. The fourth-order valence-corrected chi connectivity index (χ4v) is 3.51. The van der Waals surface area contributed by atoms with Crippen LogP contribution in [0.2, 0.25) is 0 Å². The van der Waals surface area contributed by atoms with Crippen LogP contribution in [0.4, 0.5) is 5.69 Å². The van der Waals surface area contributed by atoms with Gasteiger partial charge in [-0.2, -0.15) is 0 Å². The van der Waals surface area contributed by atoms with Crippen molar-refractivity contribution in [1.82, 2.24) is 10.2 Å². The molecule has 28 heavy (non-hydrogen) atoms. The predicted octanol–water partition coefficient (Wildman–Crippen LogP) is 4.00. The van der Waals surface area contributed by atoms with Crippen LogP contribution in [-0.4, -0.2) is 16.1 Å². The van der Waals surface area contributed by atoms with Gasteiger partial charge in [0.05, 0.1) is 11.8 Å². The van der Waals surface area contributed by atoms with E-state index in [0.717, 1.165) is 16.5 Å². The Morgan fingerprint density at radius 1 is 1.18 bits per heavy atom. The number of nitrogens with zero attached hydrogens (tertiary/aromatic N) is 2. The van der Waals surface area contributed by atoms with E-state index in [9.17, 15) is 9.59 Å². The zero-order chi connectivity index (χ0) is 19.7. The largest absolute Gasteiger partial charge is 0.469 e. The molecule has 0 aliphatic carbocycles. The number of hydrogen-bond acceptors (Lipinski definition) is 8. The van der Waals surface area contributed by atoms with E-state index >= 15 is 0 Å². The third-order valence-corrected chi connectivity index (χ3v) is 4.86. The Morgan fingerprint density at radius 2 is 2.04 bits per heavy atom. The first-order chi connectivity index (χ1) is 13.5. The van der Waals surface area contributed by atoms with E-state index in [0.29, 0.717) is 33.9 Å². The lowest BCUT2D eigenvalue weighted by Crippen LogP contribution is -2.06. The molecule has 1 aromatic carbocycles. The van der Waals surface area contributed by atoms with Gasteiger partial charge in [0.25, 0.3) is 11.1 Å². The van der Waals surface area contributed by atoms with E-state index in [1.165, 1.54) is 24.8 Å². The average Bonchev–Trinajstić information content (AvgIpc) is 3.27. The van der Waals surface area contributed by atoms with Crippen molar-refractivity contribution in [1.29, 1.82) is 0 Å². The zero-order valence-electron chi connectivity index (χ0n) is 15.0. The Bertz CT molecular complexity index is 1220. The highest BCUT2D eigenvalue weighted by Crippen LogP contribution is 2.30. The zero-order valence-corrected chi connectivity index (χ0v) is 15.8. The number of anilines is 1. The molecule has 0 fully saturated rings. The number of amides is 1. The van der Waals surface area contributed by atoms with Gasteiger partial charge in [-0.3, -0.25) is 4.79 Å². The molecule has 0 saturated carbocycles. The maximum Gasteiger partial charge on any atom is 0.336 e. The van der Waals surface area contributed by atoms with Gasteiger partial charge in [0, 0.05) is 35.9 Å². The summed E-state index contributed by atoms with van der Waals surface area (Å²) < 4.78 is 16.2. The van der Waals surface area contributed by atoms with Crippen molar-refractivity contribution in [3.05, 3.63) is 58.3 Å². The maximum absolute atomic E-state index is 11.9. The van der Waals surface area contributed by atoms with Gasteiger partial charge in [-0.05, 0) is 30.7 Å². The number of hydrogen-bond donors (Lipinski definition) is 1. The first-order valence-corrected chi connectivity index (χ1v) is 9.33. The molecule has 142 valence electrons. The van der Waals surface area contributed by atoms with Gasteiger partial charge < -0.3 is 18.6 Å². The van der Waals surface area contributed by atoms with Gasteiger partial charge in [-0.25, -0.2) is 4.79 Å². The second-order valence-corrected chi connectivity index (χ2v) is 6.96. The van der Waals surface area contributed by atoms with Gasteiger partial charge >= 0.3 is 5.63 Å². The molecule has 8 nitrogen and oxygen atoms in total. The fraction of sp³-hybridized carbons (Fsp3) is 0.158. The third kappa shape index (κ3) is 3.70. The Hall–Kier alpha value is -3.33. The second-order valence-electron chi connectivity index (χ2n) is 6.04. The third-order valence-electron chi connectivity index (χ3n) is 4.00. The Balaban J connectivity index is 1.58. The minimum absolute atomic E-state index is 0.200. The quantitative estimate of drug-likeness (QED) is 0.397. The second kappa shape index (κ2) is 7.35. The van der Waals surface area contributed by atoms with Crippen LogP contribution in [0.25, 0.3) is 22.4 Å². The van der Waals surface area contributed by atoms with Crippen molar-refractivity contribution in [2.75, 3.05) is 5.32 Å². The summed E-state index contributed by atoms with van der Waals surface area (Å²) in [6.07, 6.45) is 1.56. The van der Waals surface area contributed by atoms with Crippen molar-refractivity contribution in [2.45, 2.75) is 24.8 Å².